The number of ether oxygens (including phenoxy) is 1. The number of rotatable bonds is 5. The van der Waals surface area contributed by atoms with Crippen molar-refractivity contribution in [2.45, 2.75) is 43.7 Å². The molecule has 1 fully saturated rings. The second-order valence-electron chi connectivity index (χ2n) is 7.05. The monoisotopic (exact) mass is 369 g/mol. The minimum atomic E-state index is -3.82. The third-order valence-electron chi connectivity index (χ3n) is 3.82. The van der Waals surface area contributed by atoms with E-state index in [4.69, 9.17) is 4.74 Å². The lowest BCUT2D eigenvalue weighted by atomic mass is 9.91. The van der Waals surface area contributed by atoms with Crippen LogP contribution in [0.4, 0.5) is 4.79 Å². The lowest BCUT2D eigenvalue weighted by Gasteiger charge is -2.51. The van der Waals surface area contributed by atoms with Gasteiger partial charge in [0.05, 0.1) is 24.3 Å². The molecule has 0 spiro atoms. The zero-order valence-electron chi connectivity index (χ0n) is 14.7. The molecular formula is C16H23N3O5S. The summed E-state index contributed by atoms with van der Waals surface area (Å²) >= 11 is 0. The van der Waals surface area contributed by atoms with Crippen molar-refractivity contribution in [3.63, 3.8) is 0 Å². The largest absolute Gasteiger partial charge is 0.465 e. The van der Waals surface area contributed by atoms with Gasteiger partial charge < -0.3 is 9.84 Å². The molecule has 0 aromatic heterocycles. The van der Waals surface area contributed by atoms with Crippen LogP contribution in [0.3, 0.4) is 0 Å². The van der Waals surface area contributed by atoms with Gasteiger partial charge in [0.25, 0.3) is 10.0 Å². The molecule has 1 aromatic rings. The topological polar surface area (TPSA) is 108 Å². The predicted octanol–water partition coefficient (Wildman–Crippen LogP) is 1.81. The third-order valence-corrected chi connectivity index (χ3v) is 5.06. The number of hydrogen-bond acceptors (Lipinski definition) is 5. The zero-order chi connectivity index (χ0) is 18.9. The van der Waals surface area contributed by atoms with Crippen LogP contribution in [0.5, 0.6) is 0 Å². The number of carboxylic acid groups (broad SMARTS) is 1. The summed E-state index contributed by atoms with van der Waals surface area (Å²) in [6.07, 6.45) is 0.172. The van der Waals surface area contributed by atoms with Crippen molar-refractivity contribution in [3.05, 3.63) is 29.8 Å². The molecule has 1 saturated heterocycles. The third kappa shape index (κ3) is 4.10. The van der Waals surface area contributed by atoms with Crippen LogP contribution in [-0.2, 0) is 14.8 Å². The number of aryl methyl sites for hydroxylation is 1. The highest BCUT2D eigenvalue weighted by Crippen LogP contribution is 2.30. The fourth-order valence-corrected chi connectivity index (χ4v) is 3.50. The maximum Gasteiger partial charge on any atom is 0.408 e. The number of amides is 1. The fraction of sp³-hybridized carbons (Fsp3) is 0.500. The number of benzene rings is 1. The number of carbonyl (C=O) groups is 1. The second-order valence-corrected chi connectivity index (χ2v) is 8.71. The summed E-state index contributed by atoms with van der Waals surface area (Å²) in [7, 11) is -3.82. The Morgan fingerprint density at radius 2 is 1.88 bits per heavy atom. The Kier molecular flexibility index (Phi) is 5.10. The van der Waals surface area contributed by atoms with Gasteiger partial charge >= 0.3 is 6.09 Å². The molecule has 0 bridgehead atoms. The summed E-state index contributed by atoms with van der Waals surface area (Å²) in [5.41, 5.74) is -0.757. The average Bonchev–Trinajstić information content (AvgIpc) is 2.42. The molecule has 138 valence electrons. The first-order valence-corrected chi connectivity index (χ1v) is 9.20. The van der Waals surface area contributed by atoms with Crippen LogP contribution in [0.2, 0.25) is 0 Å². The van der Waals surface area contributed by atoms with E-state index in [1.807, 2.05) is 6.92 Å². The van der Waals surface area contributed by atoms with E-state index in [1.54, 1.807) is 32.9 Å². The van der Waals surface area contributed by atoms with E-state index in [0.29, 0.717) is 0 Å². The van der Waals surface area contributed by atoms with E-state index < -0.39 is 27.2 Å². The predicted molar refractivity (Wildman–Crippen MR) is 93.2 cm³/mol. The lowest BCUT2D eigenvalue weighted by Crippen LogP contribution is -2.69. The normalized spacial score (nSPS) is 17.1. The molecule has 0 atom stereocenters. The second kappa shape index (κ2) is 6.64. The number of sulfonamides is 1. The van der Waals surface area contributed by atoms with Crippen LogP contribution < -0.4 is 4.83 Å². The van der Waals surface area contributed by atoms with Crippen molar-refractivity contribution >= 4 is 22.3 Å². The van der Waals surface area contributed by atoms with Crippen LogP contribution in [-0.4, -0.2) is 55.0 Å². The highest BCUT2D eigenvalue weighted by Gasteiger charge is 2.50. The summed E-state index contributed by atoms with van der Waals surface area (Å²) in [6.45, 7) is 7.36. The van der Waals surface area contributed by atoms with Gasteiger partial charge in [0, 0.05) is 5.54 Å². The van der Waals surface area contributed by atoms with Crippen LogP contribution >= 0.6 is 0 Å². The van der Waals surface area contributed by atoms with Gasteiger partial charge in [-0.2, -0.15) is 13.5 Å². The minimum Gasteiger partial charge on any atom is -0.465 e. The Morgan fingerprint density at radius 3 is 2.28 bits per heavy atom. The summed E-state index contributed by atoms with van der Waals surface area (Å²) in [5, 5.41) is 13.3. The molecule has 1 aromatic carbocycles. The molecule has 1 amide bonds. The summed E-state index contributed by atoms with van der Waals surface area (Å²) in [4.78, 5) is 15.1. The molecule has 8 nitrogen and oxygen atoms in total. The number of hydrogen-bond donors (Lipinski definition) is 2. The molecule has 2 N–H and O–H groups in total. The maximum absolute atomic E-state index is 12.3. The summed E-state index contributed by atoms with van der Waals surface area (Å²) in [6, 6.07) is 6.33. The van der Waals surface area contributed by atoms with Crippen molar-refractivity contribution < 1.29 is 23.1 Å². The van der Waals surface area contributed by atoms with Gasteiger partial charge in [0.15, 0.2) is 0 Å². The minimum absolute atomic E-state index is 0.0834. The molecule has 0 unspecified atom stereocenters. The van der Waals surface area contributed by atoms with Gasteiger partial charge in [0.2, 0.25) is 0 Å². The number of nitrogens with one attached hydrogen (secondary N) is 1. The van der Waals surface area contributed by atoms with Gasteiger partial charge in [-0.05, 0) is 39.8 Å². The first-order valence-electron chi connectivity index (χ1n) is 7.72. The number of nitrogens with zero attached hydrogens (tertiary/aromatic N) is 2. The smallest absolute Gasteiger partial charge is 0.408 e. The van der Waals surface area contributed by atoms with E-state index in [2.05, 4.69) is 9.93 Å². The zero-order valence-corrected chi connectivity index (χ0v) is 15.5. The van der Waals surface area contributed by atoms with Gasteiger partial charge in [-0.15, -0.1) is 0 Å². The average molecular weight is 369 g/mol. The fourth-order valence-electron chi connectivity index (χ4n) is 2.70. The molecule has 1 heterocycles. The Balaban J connectivity index is 2.21. The molecule has 0 aliphatic carbocycles. The van der Waals surface area contributed by atoms with Crippen molar-refractivity contribution in [2.75, 3.05) is 13.2 Å². The van der Waals surface area contributed by atoms with Crippen LogP contribution in [0.1, 0.15) is 26.3 Å². The van der Waals surface area contributed by atoms with Crippen LogP contribution in [0.25, 0.3) is 0 Å². The molecule has 9 heteroatoms. The Morgan fingerprint density at radius 1 is 1.32 bits per heavy atom. The van der Waals surface area contributed by atoms with E-state index >= 15 is 0 Å². The molecular weight excluding hydrogens is 346 g/mol. The van der Waals surface area contributed by atoms with E-state index in [9.17, 15) is 18.3 Å². The Labute approximate surface area is 147 Å². The molecule has 25 heavy (non-hydrogen) atoms. The van der Waals surface area contributed by atoms with E-state index in [0.717, 1.165) is 5.56 Å². The molecule has 1 aliphatic heterocycles. The van der Waals surface area contributed by atoms with Crippen molar-refractivity contribution in [1.29, 1.82) is 0 Å². The summed E-state index contributed by atoms with van der Waals surface area (Å²) < 4.78 is 29.7. The summed E-state index contributed by atoms with van der Waals surface area (Å²) in [5.74, 6) is 0. The van der Waals surface area contributed by atoms with Crippen molar-refractivity contribution in [2.24, 2.45) is 5.10 Å². The standard InChI is InChI=1S/C16H23N3O5S/c1-12-5-7-13(8-6-12)25(22,23)18-17-9-16(10-24-11-16)19(14(20)21)15(2,3)4/h5-9,18H,10-11H2,1-4H3,(H,20,21). The maximum atomic E-state index is 12.3. The quantitative estimate of drug-likeness (QED) is 0.608. The Hall–Kier alpha value is -2.13. The first-order chi connectivity index (χ1) is 11.5. The van der Waals surface area contributed by atoms with Crippen molar-refractivity contribution in [3.8, 4) is 0 Å². The van der Waals surface area contributed by atoms with Crippen molar-refractivity contribution in [1.82, 2.24) is 9.73 Å². The highest BCUT2D eigenvalue weighted by atomic mass is 32.2. The Bertz CT molecular complexity index is 762. The lowest BCUT2D eigenvalue weighted by molar-refractivity contribution is -0.111. The van der Waals surface area contributed by atoms with Gasteiger partial charge in [-0.1, -0.05) is 17.7 Å². The molecule has 2 rings (SSSR count). The highest BCUT2D eigenvalue weighted by molar-refractivity contribution is 7.89. The van der Waals surface area contributed by atoms with Gasteiger partial charge in [-0.25, -0.2) is 9.63 Å². The van der Waals surface area contributed by atoms with Crippen LogP contribution in [0, 0.1) is 6.92 Å². The molecule has 0 saturated carbocycles. The van der Waals surface area contributed by atoms with E-state index in [-0.39, 0.29) is 18.1 Å². The van der Waals surface area contributed by atoms with E-state index in [1.165, 1.54) is 23.2 Å². The molecule has 1 aliphatic rings. The van der Waals surface area contributed by atoms with Gasteiger partial charge in [0.1, 0.15) is 5.54 Å². The number of hydrazone groups is 1. The first kappa shape index (κ1) is 19.2. The molecule has 0 radical (unpaired) electrons. The SMILES string of the molecule is Cc1ccc(S(=O)(=O)NN=CC2(N(C(=O)O)C(C)(C)C)COC2)cc1. The van der Waals surface area contributed by atoms with Crippen LogP contribution in [0.15, 0.2) is 34.3 Å². The van der Waals surface area contributed by atoms with Gasteiger partial charge in [-0.3, -0.25) is 4.90 Å².